The summed E-state index contributed by atoms with van der Waals surface area (Å²) in [5.74, 6) is 0.0874. The average Bonchev–Trinajstić information content (AvgIpc) is 3.46. The van der Waals surface area contributed by atoms with E-state index in [0.717, 1.165) is 30.6 Å². The van der Waals surface area contributed by atoms with Gasteiger partial charge in [0.05, 0.1) is 12.5 Å². The summed E-state index contributed by atoms with van der Waals surface area (Å²) in [6.45, 7) is 4.36. The van der Waals surface area contributed by atoms with Gasteiger partial charge in [-0.3, -0.25) is 14.5 Å². The second-order valence-corrected chi connectivity index (χ2v) is 9.65. The van der Waals surface area contributed by atoms with Gasteiger partial charge in [-0.2, -0.15) is 0 Å². The van der Waals surface area contributed by atoms with Gasteiger partial charge >= 0.3 is 0 Å². The fourth-order valence-electron chi connectivity index (χ4n) is 4.76. The summed E-state index contributed by atoms with van der Waals surface area (Å²) in [6.07, 6.45) is 4.82. The number of benzene rings is 1. The molecule has 2 fully saturated rings. The van der Waals surface area contributed by atoms with Gasteiger partial charge < -0.3 is 10.2 Å². The van der Waals surface area contributed by atoms with E-state index < -0.39 is 0 Å². The first-order chi connectivity index (χ1) is 15.0. The number of nitrogens with zero attached hydrogens (tertiary/aromatic N) is 2. The third-order valence-electron chi connectivity index (χ3n) is 6.52. The lowest BCUT2D eigenvalue weighted by molar-refractivity contribution is -0.133. The molecular formula is C24H30FN3O2S. The van der Waals surface area contributed by atoms with E-state index in [0.29, 0.717) is 49.8 Å². The van der Waals surface area contributed by atoms with Crippen molar-refractivity contribution in [1.82, 2.24) is 9.80 Å². The summed E-state index contributed by atoms with van der Waals surface area (Å²) < 4.78 is 13.9. The molecular weight excluding hydrogens is 413 g/mol. The molecule has 2 heterocycles. The zero-order chi connectivity index (χ0) is 21.8. The van der Waals surface area contributed by atoms with Crippen LogP contribution < -0.4 is 5.32 Å². The monoisotopic (exact) mass is 443 g/mol. The number of amides is 2. The van der Waals surface area contributed by atoms with Crippen LogP contribution in [0.1, 0.15) is 36.1 Å². The Morgan fingerprint density at radius 2 is 1.90 bits per heavy atom. The predicted molar refractivity (Wildman–Crippen MR) is 122 cm³/mol. The number of hydrogen-bond acceptors (Lipinski definition) is 4. The fraction of sp³-hybridized carbons (Fsp3) is 0.500. The Morgan fingerprint density at radius 1 is 1.16 bits per heavy atom. The van der Waals surface area contributed by atoms with Gasteiger partial charge in [0.25, 0.3) is 0 Å². The second-order valence-electron chi connectivity index (χ2n) is 8.62. The van der Waals surface area contributed by atoms with Crippen molar-refractivity contribution in [1.29, 1.82) is 0 Å². The van der Waals surface area contributed by atoms with E-state index in [1.165, 1.54) is 6.07 Å². The Hall–Kier alpha value is -2.25. The molecule has 166 valence electrons. The highest BCUT2D eigenvalue weighted by molar-refractivity contribution is 7.10. The third-order valence-corrected chi connectivity index (χ3v) is 7.40. The Labute approximate surface area is 187 Å². The molecule has 31 heavy (non-hydrogen) atoms. The van der Waals surface area contributed by atoms with Crippen molar-refractivity contribution in [3.63, 3.8) is 0 Å². The van der Waals surface area contributed by atoms with Gasteiger partial charge in [0.1, 0.15) is 5.82 Å². The molecule has 1 aromatic carbocycles. The van der Waals surface area contributed by atoms with Crippen LogP contribution in [0.25, 0.3) is 0 Å². The molecule has 1 unspecified atom stereocenters. The van der Waals surface area contributed by atoms with E-state index in [4.69, 9.17) is 0 Å². The molecule has 1 atom stereocenters. The molecule has 5 nitrogen and oxygen atoms in total. The van der Waals surface area contributed by atoms with Crippen molar-refractivity contribution in [2.24, 2.45) is 5.92 Å². The number of aryl methyl sites for hydroxylation is 1. The first-order valence-electron chi connectivity index (χ1n) is 11.1. The second kappa shape index (κ2) is 9.92. The number of rotatable bonds is 6. The van der Waals surface area contributed by atoms with Crippen molar-refractivity contribution in [2.75, 3.05) is 31.5 Å². The van der Waals surface area contributed by atoms with Crippen molar-refractivity contribution in [2.45, 2.75) is 45.1 Å². The van der Waals surface area contributed by atoms with Gasteiger partial charge in [-0.05, 0) is 54.8 Å². The molecule has 0 bridgehead atoms. The summed E-state index contributed by atoms with van der Waals surface area (Å²) in [6, 6.07) is 8.56. The van der Waals surface area contributed by atoms with E-state index in [2.05, 4.69) is 10.2 Å². The van der Waals surface area contributed by atoms with Crippen molar-refractivity contribution >= 4 is 28.8 Å². The number of anilines is 1. The zero-order valence-electron chi connectivity index (χ0n) is 18.0. The summed E-state index contributed by atoms with van der Waals surface area (Å²) in [4.78, 5) is 31.1. The minimum atomic E-state index is -0.312. The molecule has 2 amide bonds. The van der Waals surface area contributed by atoms with Gasteiger partial charge in [0.15, 0.2) is 0 Å². The minimum Gasteiger partial charge on any atom is -0.340 e. The summed E-state index contributed by atoms with van der Waals surface area (Å²) in [7, 11) is 0. The Balaban J connectivity index is 1.40. The Morgan fingerprint density at radius 3 is 2.55 bits per heavy atom. The standard InChI is InChI=1S/C24H30FN3O2S/c1-17-8-9-19(15-21(17)25)26-24(30)23(18-5-2-3-6-18)28-12-10-27(11-13-28)22(29)16-20-7-4-14-31-20/h4,7-9,14-15,18,23H,2-3,5-6,10-13,16H2,1H3,(H,26,30). The lowest BCUT2D eigenvalue weighted by atomic mass is 9.94. The molecule has 4 rings (SSSR count). The quantitative estimate of drug-likeness (QED) is 0.732. The van der Waals surface area contributed by atoms with Crippen LogP contribution in [0.3, 0.4) is 0 Å². The van der Waals surface area contributed by atoms with E-state index in [9.17, 15) is 14.0 Å². The number of nitrogens with one attached hydrogen (secondary N) is 1. The summed E-state index contributed by atoms with van der Waals surface area (Å²) in [5.41, 5.74) is 1.06. The van der Waals surface area contributed by atoms with E-state index in [-0.39, 0.29) is 23.7 Å². The van der Waals surface area contributed by atoms with Crippen LogP contribution in [-0.4, -0.2) is 53.8 Å². The molecule has 2 aromatic rings. The van der Waals surface area contributed by atoms with Crippen LogP contribution in [0.5, 0.6) is 0 Å². The topological polar surface area (TPSA) is 52.7 Å². The SMILES string of the molecule is Cc1ccc(NC(=O)C(C2CCCC2)N2CCN(C(=O)Cc3cccs3)CC2)cc1F. The first-order valence-corrected chi connectivity index (χ1v) is 12.0. The third kappa shape index (κ3) is 5.33. The van der Waals surface area contributed by atoms with E-state index >= 15 is 0 Å². The van der Waals surface area contributed by atoms with Gasteiger partial charge in [-0.25, -0.2) is 4.39 Å². The molecule has 7 heteroatoms. The number of hydrogen-bond donors (Lipinski definition) is 1. The number of carbonyl (C=O) groups excluding carboxylic acids is 2. The maximum atomic E-state index is 13.9. The lowest BCUT2D eigenvalue weighted by Gasteiger charge is -2.40. The highest BCUT2D eigenvalue weighted by Crippen LogP contribution is 2.32. The number of halogens is 1. The van der Waals surface area contributed by atoms with Gasteiger partial charge in [0.2, 0.25) is 11.8 Å². The van der Waals surface area contributed by atoms with Crippen LogP contribution in [0.4, 0.5) is 10.1 Å². The molecule has 2 aliphatic rings. The smallest absolute Gasteiger partial charge is 0.242 e. The first kappa shape index (κ1) is 22.0. The molecule has 1 N–H and O–H groups in total. The van der Waals surface area contributed by atoms with Crippen molar-refractivity contribution < 1.29 is 14.0 Å². The van der Waals surface area contributed by atoms with Crippen molar-refractivity contribution in [3.05, 3.63) is 52.0 Å². The van der Waals surface area contributed by atoms with Crippen LogP contribution in [0.2, 0.25) is 0 Å². The minimum absolute atomic E-state index is 0.0616. The highest BCUT2D eigenvalue weighted by Gasteiger charge is 2.37. The highest BCUT2D eigenvalue weighted by atomic mass is 32.1. The summed E-state index contributed by atoms with van der Waals surface area (Å²) in [5, 5.41) is 4.94. The predicted octanol–water partition coefficient (Wildman–Crippen LogP) is 4.08. The molecule has 0 spiro atoms. The molecule has 0 radical (unpaired) electrons. The molecule has 1 saturated carbocycles. The largest absolute Gasteiger partial charge is 0.340 e. The van der Waals surface area contributed by atoms with Crippen LogP contribution >= 0.6 is 11.3 Å². The number of thiophene rings is 1. The Bertz CT molecular complexity index is 904. The molecule has 1 aromatic heterocycles. The number of carbonyl (C=O) groups is 2. The number of piperazine rings is 1. The van der Waals surface area contributed by atoms with Gasteiger partial charge in [-0.1, -0.05) is 25.0 Å². The Kier molecular flexibility index (Phi) is 7.02. The van der Waals surface area contributed by atoms with E-state index in [1.54, 1.807) is 30.4 Å². The van der Waals surface area contributed by atoms with Gasteiger partial charge in [-0.15, -0.1) is 11.3 Å². The molecule has 1 aliphatic heterocycles. The average molecular weight is 444 g/mol. The zero-order valence-corrected chi connectivity index (χ0v) is 18.8. The van der Waals surface area contributed by atoms with Crippen LogP contribution in [-0.2, 0) is 16.0 Å². The van der Waals surface area contributed by atoms with E-state index in [1.807, 2.05) is 22.4 Å². The normalized spacial score (nSPS) is 18.8. The lowest BCUT2D eigenvalue weighted by Crippen LogP contribution is -2.57. The van der Waals surface area contributed by atoms with Crippen molar-refractivity contribution in [3.8, 4) is 0 Å². The van der Waals surface area contributed by atoms with Gasteiger partial charge in [0, 0.05) is 36.7 Å². The summed E-state index contributed by atoms with van der Waals surface area (Å²) >= 11 is 1.61. The van der Waals surface area contributed by atoms with Crippen LogP contribution in [0, 0.1) is 18.7 Å². The fourth-order valence-corrected chi connectivity index (χ4v) is 5.46. The molecule has 1 aliphatic carbocycles. The molecule has 1 saturated heterocycles. The maximum Gasteiger partial charge on any atom is 0.242 e. The van der Waals surface area contributed by atoms with Crippen LogP contribution in [0.15, 0.2) is 35.7 Å². The maximum absolute atomic E-state index is 13.9.